The zero-order valence-corrected chi connectivity index (χ0v) is 13.6. The van der Waals surface area contributed by atoms with Gasteiger partial charge in [-0.1, -0.05) is 12.1 Å². The minimum absolute atomic E-state index is 0.815. The molecule has 3 aromatic rings. The number of nitrogens with zero attached hydrogens (tertiary/aromatic N) is 2. The minimum Gasteiger partial charge on any atom is -0.370 e. The number of nitrogens with one attached hydrogen (secondary N) is 2. The van der Waals surface area contributed by atoms with Crippen molar-refractivity contribution in [1.82, 2.24) is 15.3 Å². The summed E-state index contributed by atoms with van der Waals surface area (Å²) in [6.07, 6.45) is 2.13. The van der Waals surface area contributed by atoms with E-state index in [1.54, 1.807) is 0 Å². The first-order valence-corrected chi connectivity index (χ1v) is 7.86. The van der Waals surface area contributed by atoms with Crippen molar-refractivity contribution in [2.75, 3.05) is 11.6 Å². The van der Waals surface area contributed by atoms with Gasteiger partial charge in [0.15, 0.2) is 0 Å². The van der Waals surface area contributed by atoms with E-state index in [1.165, 1.54) is 16.8 Å². The van der Waals surface area contributed by atoms with Gasteiger partial charge in [-0.15, -0.1) is 0 Å². The van der Waals surface area contributed by atoms with Crippen molar-refractivity contribution in [2.45, 2.75) is 20.8 Å². The Morgan fingerprint density at radius 3 is 2.61 bits per heavy atom. The van der Waals surface area contributed by atoms with Crippen molar-refractivity contribution in [3.8, 4) is 11.4 Å². The maximum Gasteiger partial charge on any atom is 0.138 e. The third-order valence-electron chi connectivity index (χ3n) is 4.46. The van der Waals surface area contributed by atoms with Crippen LogP contribution in [0.3, 0.4) is 0 Å². The quantitative estimate of drug-likeness (QED) is 0.750. The van der Waals surface area contributed by atoms with Crippen LogP contribution in [0.15, 0.2) is 48.3 Å². The van der Waals surface area contributed by atoms with Crippen molar-refractivity contribution in [1.29, 1.82) is 0 Å². The van der Waals surface area contributed by atoms with E-state index < -0.39 is 0 Å². The summed E-state index contributed by atoms with van der Waals surface area (Å²) in [4.78, 5) is 10.4. The third kappa shape index (κ3) is 2.46. The number of aromatic amines is 1. The summed E-state index contributed by atoms with van der Waals surface area (Å²) in [5.74, 6) is 0.923. The second kappa shape index (κ2) is 5.16. The van der Waals surface area contributed by atoms with E-state index in [0.717, 1.165) is 34.8 Å². The predicted octanol–water partition coefficient (Wildman–Crippen LogP) is 4.08. The zero-order chi connectivity index (χ0) is 16.0. The first kappa shape index (κ1) is 13.9. The van der Waals surface area contributed by atoms with Crippen LogP contribution in [0.4, 0.5) is 5.69 Å². The van der Waals surface area contributed by atoms with Crippen LogP contribution in [-0.4, -0.2) is 16.6 Å². The standard InChI is InChI=1S/C19H20N4/c1-12-4-5-15(8-13(12)2)19-21-17-7-6-16(9-18(17)22-19)23-10-14(3)20-11-23/h4-10,20H,11H2,1-3H3,(H,21,22). The molecule has 0 saturated heterocycles. The Labute approximate surface area is 135 Å². The molecule has 2 aromatic carbocycles. The first-order valence-electron chi connectivity index (χ1n) is 7.86. The average molecular weight is 304 g/mol. The zero-order valence-electron chi connectivity index (χ0n) is 13.6. The lowest BCUT2D eigenvalue weighted by atomic mass is 10.1. The predicted molar refractivity (Wildman–Crippen MR) is 95.2 cm³/mol. The molecule has 4 nitrogen and oxygen atoms in total. The normalized spacial score (nSPS) is 14.2. The number of aryl methyl sites for hydroxylation is 2. The van der Waals surface area contributed by atoms with Crippen LogP contribution < -0.4 is 10.2 Å². The molecule has 23 heavy (non-hydrogen) atoms. The van der Waals surface area contributed by atoms with E-state index in [4.69, 9.17) is 4.98 Å². The van der Waals surface area contributed by atoms with E-state index in [9.17, 15) is 0 Å². The van der Waals surface area contributed by atoms with E-state index in [0.29, 0.717) is 0 Å². The van der Waals surface area contributed by atoms with Gasteiger partial charge in [0.05, 0.1) is 17.7 Å². The molecule has 0 aliphatic carbocycles. The number of benzene rings is 2. The van der Waals surface area contributed by atoms with Crippen LogP contribution in [0.25, 0.3) is 22.4 Å². The Bertz CT molecular complexity index is 920. The van der Waals surface area contributed by atoms with Gasteiger partial charge in [0.1, 0.15) is 5.82 Å². The SMILES string of the molecule is CC1=CN(c2ccc3nc(-c4ccc(C)c(C)c4)[nH]c3c2)CN1. The molecule has 0 unspecified atom stereocenters. The lowest BCUT2D eigenvalue weighted by molar-refractivity contribution is 0.865. The van der Waals surface area contributed by atoms with Gasteiger partial charge >= 0.3 is 0 Å². The summed E-state index contributed by atoms with van der Waals surface area (Å²) in [5, 5.41) is 3.32. The van der Waals surface area contributed by atoms with E-state index >= 15 is 0 Å². The third-order valence-corrected chi connectivity index (χ3v) is 4.46. The molecule has 0 amide bonds. The molecule has 1 aliphatic rings. The molecule has 0 atom stereocenters. The van der Waals surface area contributed by atoms with Crippen molar-refractivity contribution in [3.63, 3.8) is 0 Å². The van der Waals surface area contributed by atoms with Gasteiger partial charge in [-0.05, 0) is 56.2 Å². The van der Waals surface area contributed by atoms with Crippen molar-refractivity contribution in [2.24, 2.45) is 0 Å². The smallest absolute Gasteiger partial charge is 0.138 e. The number of hydrogen-bond acceptors (Lipinski definition) is 3. The number of H-pyrrole nitrogens is 1. The molecule has 0 radical (unpaired) electrons. The molecule has 4 heteroatoms. The molecular formula is C19H20N4. The topological polar surface area (TPSA) is 44.0 Å². The molecule has 2 heterocycles. The van der Waals surface area contributed by atoms with Crippen LogP contribution in [0, 0.1) is 13.8 Å². The lowest BCUT2D eigenvalue weighted by Crippen LogP contribution is -2.20. The fourth-order valence-electron chi connectivity index (χ4n) is 2.90. The molecule has 0 fully saturated rings. The van der Waals surface area contributed by atoms with Gasteiger partial charge in [-0.3, -0.25) is 0 Å². The van der Waals surface area contributed by atoms with Crippen molar-refractivity contribution >= 4 is 16.7 Å². The minimum atomic E-state index is 0.815. The maximum absolute atomic E-state index is 4.73. The van der Waals surface area contributed by atoms with Crippen molar-refractivity contribution in [3.05, 3.63) is 59.4 Å². The molecule has 0 saturated carbocycles. The molecule has 1 aromatic heterocycles. The first-order chi connectivity index (χ1) is 11.1. The lowest BCUT2D eigenvalue weighted by Gasteiger charge is -2.14. The Kier molecular flexibility index (Phi) is 3.11. The van der Waals surface area contributed by atoms with Crippen molar-refractivity contribution < 1.29 is 0 Å². The van der Waals surface area contributed by atoms with E-state index in [2.05, 4.69) is 78.6 Å². The van der Waals surface area contributed by atoms with E-state index in [1.807, 2.05) is 0 Å². The van der Waals surface area contributed by atoms with Crippen LogP contribution >= 0.6 is 0 Å². The fraction of sp³-hybridized carbons (Fsp3) is 0.211. The largest absolute Gasteiger partial charge is 0.370 e. The fourth-order valence-corrected chi connectivity index (χ4v) is 2.90. The van der Waals surface area contributed by atoms with Gasteiger partial charge in [-0.2, -0.15) is 0 Å². The molecule has 0 spiro atoms. The second-order valence-electron chi connectivity index (χ2n) is 6.20. The number of aromatic nitrogens is 2. The van der Waals surface area contributed by atoms with Crippen LogP contribution in [-0.2, 0) is 0 Å². The average Bonchev–Trinajstić information content (AvgIpc) is 3.15. The summed E-state index contributed by atoms with van der Waals surface area (Å²) in [7, 11) is 0. The van der Waals surface area contributed by atoms with Gasteiger partial charge in [0.25, 0.3) is 0 Å². The highest BCUT2D eigenvalue weighted by Gasteiger charge is 2.12. The number of fused-ring (bicyclic) bond motifs is 1. The monoisotopic (exact) mass is 304 g/mol. The molecule has 4 rings (SSSR count). The Morgan fingerprint density at radius 2 is 1.87 bits per heavy atom. The van der Waals surface area contributed by atoms with Crippen LogP contribution in [0.1, 0.15) is 18.1 Å². The number of rotatable bonds is 2. The molecule has 2 N–H and O–H groups in total. The van der Waals surface area contributed by atoms with Gasteiger partial charge in [-0.25, -0.2) is 4.98 Å². The molecular weight excluding hydrogens is 284 g/mol. The van der Waals surface area contributed by atoms with Gasteiger partial charge < -0.3 is 15.2 Å². The maximum atomic E-state index is 4.73. The highest BCUT2D eigenvalue weighted by molar-refractivity contribution is 5.83. The highest BCUT2D eigenvalue weighted by Crippen LogP contribution is 2.26. The van der Waals surface area contributed by atoms with Gasteiger partial charge in [0, 0.05) is 23.1 Å². The Balaban J connectivity index is 1.74. The summed E-state index contributed by atoms with van der Waals surface area (Å²) < 4.78 is 0. The second-order valence-corrected chi connectivity index (χ2v) is 6.20. The number of imidazole rings is 1. The summed E-state index contributed by atoms with van der Waals surface area (Å²) >= 11 is 0. The molecule has 0 bridgehead atoms. The Hall–Kier alpha value is -2.75. The summed E-state index contributed by atoms with van der Waals surface area (Å²) in [6.45, 7) is 7.15. The molecule has 116 valence electrons. The number of hydrogen-bond donors (Lipinski definition) is 2. The van der Waals surface area contributed by atoms with Gasteiger partial charge in [0.2, 0.25) is 0 Å². The van der Waals surface area contributed by atoms with Crippen LogP contribution in [0.5, 0.6) is 0 Å². The molecule has 1 aliphatic heterocycles. The summed E-state index contributed by atoms with van der Waals surface area (Å²) in [5.41, 5.74) is 8.12. The number of anilines is 1. The summed E-state index contributed by atoms with van der Waals surface area (Å²) in [6, 6.07) is 12.8. The number of allylic oxidation sites excluding steroid dienone is 1. The Morgan fingerprint density at radius 1 is 1.00 bits per heavy atom. The van der Waals surface area contributed by atoms with Crippen LogP contribution in [0.2, 0.25) is 0 Å². The highest BCUT2D eigenvalue weighted by atomic mass is 15.3. The van der Waals surface area contributed by atoms with E-state index in [-0.39, 0.29) is 0 Å².